The fraction of sp³-hybridized carbons (Fsp3) is 1.00. The zero-order valence-electron chi connectivity index (χ0n) is 7.10. The zero-order valence-corrected chi connectivity index (χ0v) is 7.10. The van der Waals surface area contributed by atoms with Gasteiger partial charge < -0.3 is 4.74 Å². The Labute approximate surface area is 63.8 Å². The summed E-state index contributed by atoms with van der Waals surface area (Å²) in [4.78, 5) is 0. The van der Waals surface area contributed by atoms with Gasteiger partial charge >= 0.3 is 0 Å². The average molecular weight is 142 g/mol. The summed E-state index contributed by atoms with van der Waals surface area (Å²) in [7, 11) is 0. The lowest BCUT2D eigenvalue weighted by Gasteiger charge is -2.08. The first-order valence-electron chi connectivity index (χ1n) is 4.48. The molecule has 1 heteroatoms. The Morgan fingerprint density at radius 3 is 2.60 bits per heavy atom. The summed E-state index contributed by atoms with van der Waals surface area (Å²) < 4.78 is 5.53. The summed E-state index contributed by atoms with van der Waals surface area (Å²) >= 11 is 0. The van der Waals surface area contributed by atoms with Gasteiger partial charge in [0.25, 0.3) is 0 Å². The summed E-state index contributed by atoms with van der Waals surface area (Å²) in [5.74, 6) is 0.955. The van der Waals surface area contributed by atoms with Crippen molar-refractivity contribution in [2.75, 3.05) is 6.61 Å². The van der Waals surface area contributed by atoms with E-state index >= 15 is 0 Å². The van der Waals surface area contributed by atoms with Gasteiger partial charge in [-0.2, -0.15) is 0 Å². The van der Waals surface area contributed by atoms with Crippen LogP contribution in [0.1, 0.15) is 39.5 Å². The van der Waals surface area contributed by atoms with Crippen LogP contribution in [-0.4, -0.2) is 12.7 Å². The van der Waals surface area contributed by atoms with E-state index in [0.29, 0.717) is 6.10 Å². The molecule has 0 aromatic rings. The molecule has 10 heavy (non-hydrogen) atoms. The topological polar surface area (TPSA) is 9.23 Å². The molecular formula is C9H18O. The van der Waals surface area contributed by atoms with E-state index in [1.807, 2.05) is 0 Å². The molecule has 1 fully saturated rings. The smallest absolute Gasteiger partial charge is 0.0577 e. The van der Waals surface area contributed by atoms with Crippen LogP contribution >= 0.6 is 0 Å². The zero-order chi connectivity index (χ0) is 7.40. The largest absolute Gasteiger partial charge is 0.378 e. The molecule has 1 saturated carbocycles. The van der Waals surface area contributed by atoms with Gasteiger partial charge in [0.1, 0.15) is 0 Å². The third kappa shape index (κ3) is 1.98. The highest BCUT2D eigenvalue weighted by Gasteiger charge is 2.22. The third-order valence-corrected chi connectivity index (χ3v) is 2.47. The van der Waals surface area contributed by atoms with Crippen molar-refractivity contribution in [2.24, 2.45) is 5.92 Å². The van der Waals surface area contributed by atoms with E-state index in [9.17, 15) is 0 Å². The van der Waals surface area contributed by atoms with Crippen LogP contribution in [0.2, 0.25) is 0 Å². The van der Waals surface area contributed by atoms with Crippen molar-refractivity contribution >= 4 is 0 Å². The Kier molecular flexibility index (Phi) is 3.20. The van der Waals surface area contributed by atoms with Crippen LogP contribution in [0, 0.1) is 5.92 Å². The van der Waals surface area contributed by atoms with Crippen LogP contribution < -0.4 is 0 Å². The lowest BCUT2D eigenvalue weighted by molar-refractivity contribution is 0.0653. The SMILES string of the molecule is CCOC1CCC(CC)C1. The summed E-state index contributed by atoms with van der Waals surface area (Å²) in [6.07, 6.45) is 5.93. The van der Waals surface area contributed by atoms with E-state index < -0.39 is 0 Å². The minimum absolute atomic E-state index is 0.593. The monoisotopic (exact) mass is 142 g/mol. The van der Waals surface area contributed by atoms with E-state index in [2.05, 4.69) is 13.8 Å². The molecule has 0 saturated heterocycles. The van der Waals surface area contributed by atoms with E-state index in [-0.39, 0.29) is 0 Å². The minimum atomic E-state index is 0.593. The molecule has 2 unspecified atom stereocenters. The highest BCUT2D eigenvalue weighted by molar-refractivity contribution is 4.74. The van der Waals surface area contributed by atoms with E-state index in [4.69, 9.17) is 4.74 Å². The molecule has 1 rings (SSSR count). The Balaban J connectivity index is 2.15. The molecule has 0 radical (unpaired) electrons. The second kappa shape index (κ2) is 3.97. The Bertz CT molecular complexity index is 90.7. The lowest BCUT2D eigenvalue weighted by Crippen LogP contribution is -2.07. The predicted molar refractivity (Wildman–Crippen MR) is 43.0 cm³/mol. The molecule has 2 atom stereocenters. The van der Waals surface area contributed by atoms with Gasteiger partial charge in [0, 0.05) is 6.61 Å². The van der Waals surface area contributed by atoms with Gasteiger partial charge in [0.2, 0.25) is 0 Å². The molecule has 0 heterocycles. The van der Waals surface area contributed by atoms with Gasteiger partial charge in [0.15, 0.2) is 0 Å². The average Bonchev–Trinajstić information content (AvgIpc) is 2.37. The van der Waals surface area contributed by atoms with Crippen LogP contribution in [0.15, 0.2) is 0 Å². The quantitative estimate of drug-likeness (QED) is 0.588. The van der Waals surface area contributed by atoms with Gasteiger partial charge in [-0.15, -0.1) is 0 Å². The maximum Gasteiger partial charge on any atom is 0.0577 e. The van der Waals surface area contributed by atoms with Crippen LogP contribution in [0.4, 0.5) is 0 Å². The van der Waals surface area contributed by atoms with Crippen LogP contribution in [0.3, 0.4) is 0 Å². The Morgan fingerprint density at radius 1 is 1.30 bits per heavy atom. The first-order chi connectivity index (χ1) is 4.86. The normalized spacial score (nSPS) is 33.0. The fourth-order valence-corrected chi connectivity index (χ4v) is 1.79. The molecule has 1 aliphatic rings. The first-order valence-corrected chi connectivity index (χ1v) is 4.48. The molecule has 0 aromatic carbocycles. The van der Waals surface area contributed by atoms with Crippen LogP contribution in [-0.2, 0) is 4.74 Å². The van der Waals surface area contributed by atoms with Crippen LogP contribution in [0.5, 0.6) is 0 Å². The van der Waals surface area contributed by atoms with Crippen molar-refractivity contribution in [3.63, 3.8) is 0 Å². The second-order valence-corrected chi connectivity index (χ2v) is 3.16. The predicted octanol–water partition coefficient (Wildman–Crippen LogP) is 2.60. The standard InChI is InChI=1S/C9H18O/c1-3-8-5-6-9(7-8)10-4-2/h8-9H,3-7H2,1-2H3. The molecule has 60 valence electrons. The fourth-order valence-electron chi connectivity index (χ4n) is 1.79. The maximum absolute atomic E-state index is 5.53. The summed E-state index contributed by atoms with van der Waals surface area (Å²) in [5.41, 5.74) is 0. The molecular weight excluding hydrogens is 124 g/mol. The maximum atomic E-state index is 5.53. The van der Waals surface area contributed by atoms with Crippen LogP contribution in [0.25, 0.3) is 0 Å². The van der Waals surface area contributed by atoms with Gasteiger partial charge in [-0.05, 0) is 32.1 Å². The van der Waals surface area contributed by atoms with Crippen molar-refractivity contribution in [1.29, 1.82) is 0 Å². The first kappa shape index (κ1) is 8.06. The highest BCUT2D eigenvalue weighted by atomic mass is 16.5. The lowest BCUT2D eigenvalue weighted by atomic mass is 10.1. The molecule has 0 N–H and O–H groups in total. The van der Waals surface area contributed by atoms with E-state index in [1.54, 1.807) is 0 Å². The number of hydrogen-bond donors (Lipinski definition) is 0. The van der Waals surface area contributed by atoms with Gasteiger partial charge in [-0.1, -0.05) is 13.3 Å². The number of hydrogen-bond acceptors (Lipinski definition) is 1. The third-order valence-electron chi connectivity index (χ3n) is 2.47. The van der Waals surface area contributed by atoms with Crippen molar-refractivity contribution in [2.45, 2.75) is 45.6 Å². The Hall–Kier alpha value is -0.0400. The molecule has 0 bridgehead atoms. The molecule has 1 aliphatic carbocycles. The van der Waals surface area contributed by atoms with Crippen molar-refractivity contribution in [1.82, 2.24) is 0 Å². The summed E-state index contributed by atoms with van der Waals surface area (Å²) in [6.45, 7) is 5.25. The molecule has 1 nitrogen and oxygen atoms in total. The summed E-state index contributed by atoms with van der Waals surface area (Å²) in [6, 6.07) is 0. The summed E-state index contributed by atoms with van der Waals surface area (Å²) in [5, 5.41) is 0. The number of rotatable bonds is 3. The molecule has 0 aromatic heterocycles. The highest BCUT2D eigenvalue weighted by Crippen LogP contribution is 2.29. The van der Waals surface area contributed by atoms with Crippen molar-refractivity contribution in [3.05, 3.63) is 0 Å². The molecule has 0 amide bonds. The van der Waals surface area contributed by atoms with Gasteiger partial charge in [0.05, 0.1) is 6.10 Å². The van der Waals surface area contributed by atoms with E-state index in [1.165, 1.54) is 25.7 Å². The van der Waals surface area contributed by atoms with Gasteiger partial charge in [-0.3, -0.25) is 0 Å². The Morgan fingerprint density at radius 2 is 2.10 bits per heavy atom. The minimum Gasteiger partial charge on any atom is -0.378 e. The van der Waals surface area contributed by atoms with E-state index in [0.717, 1.165) is 12.5 Å². The number of ether oxygens (including phenoxy) is 1. The molecule has 0 spiro atoms. The van der Waals surface area contributed by atoms with Gasteiger partial charge in [-0.25, -0.2) is 0 Å². The van der Waals surface area contributed by atoms with Crippen molar-refractivity contribution in [3.8, 4) is 0 Å². The van der Waals surface area contributed by atoms with Crippen molar-refractivity contribution < 1.29 is 4.74 Å². The molecule has 0 aliphatic heterocycles. The second-order valence-electron chi connectivity index (χ2n) is 3.16.